The molecule has 1 aromatic rings. The lowest BCUT2D eigenvalue weighted by molar-refractivity contribution is -0.141. The molecule has 1 aliphatic rings. The van der Waals surface area contributed by atoms with Crippen molar-refractivity contribution in [1.29, 1.82) is 0 Å². The number of carbonyl (C=O) groups excluding carboxylic acids is 2. The largest absolute Gasteiger partial charge is 0.469 e. The van der Waals surface area contributed by atoms with E-state index in [2.05, 4.69) is 19.5 Å². The normalized spacial score (nSPS) is 15.8. The van der Waals surface area contributed by atoms with E-state index in [1.807, 2.05) is 0 Å². The molecular weight excluding hydrogens is 272 g/mol. The molecule has 1 aliphatic heterocycles. The highest BCUT2D eigenvalue weighted by Crippen LogP contribution is 2.18. The number of pyridine rings is 1. The number of nitrogens with two attached hydrogens (primary N) is 1. The molecule has 0 bridgehead atoms. The molecule has 114 valence electrons. The van der Waals surface area contributed by atoms with E-state index in [0.717, 1.165) is 26.2 Å². The molecule has 7 nitrogen and oxygen atoms in total. The Bertz CT molecular complexity index is 513. The Kier molecular flexibility index (Phi) is 5.10. The Morgan fingerprint density at radius 3 is 2.67 bits per heavy atom. The van der Waals surface area contributed by atoms with Gasteiger partial charge in [0.1, 0.15) is 5.82 Å². The van der Waals surface area contributed by atoms with Crippen molar-refractivity contribution in [3.05, 3.63) is 23.9 Å². The number of carbonyl (C=O) groups is 2. The number of anilines is 1. The Morgan fingerprint density at radius 1 is 1.33 bits per heavy atom. The molecule has 0 saturated carbocycles. The molecule has 0 radical (unpaired) electrons. The first-order valence-corrected chi connectivity index (χ1v) is 6.90. The highest BCUT2D eigenvalue weighted by molar-refractivity contribution is 5.97. The van der Waals surface area contributed by atoms with E-state index in [1.165, 1.54) is 7.11 Å². The second-order valence-corrected chi connectivity index (χ2v) is 4.89. The zero-order valence-corrected chi connectivity index (χ0v) is 12.1. The maximum Gasteiger partial charge on any atom is 0.306 e. The van der Waals surface area contributed by atoms with Gasteiger partial charge in [-0.05, 0) is 12.1 Å². The number of ether oxygens (including phenoxy) is 1. The summed E-state index contributed by atoms with van der Waals surface area (Å²) in [5.74, 6) is -0.0259. The number of piperazine rings is 1. The zero-order chi connectivity index (χ0) is 15.2. The quantitative estimate of drug-likeness (QED) is 0.760. The lowest BCUT2D eigenvalue weighted by atomic mass is 10.2. The smallest absolute Gasteiger partial charge is 0.306 e. The van der Waals surface area contributed by atoms with Gasteiger partial charge in [0.2, 0.25) is 0 Å². The van der Waals surface area contributed by atoms with E-state index in [9.17, 15) is 9.59 Å². The van der Waals surface area contributed by atoms with Crippen LogP contribution in [0.5, 0.6) is 0 Å². The van der Waals surface area contributed by atoms with Crippen LogP contribution >= 0.6 is 0 Å². The maximum absolute atomic E-state index is 11.4. The lowest BCUT2D eigenvalue weighted by Crippen LogP contribution is -2.47. The second kappa shape index (κ2) is 7.03. The second-order valence-electron chi connectivity index (χ2n) is 4.89. The summed E-state index contributed by atoms with van der Waals surface area (Å²) in [7, 11) is 1.40. The minimum Gasteiger partial charge on any atom is -0.469 e. The van der Waals surface area contributed by atoms with E-state index in [4.69, 9.17) is 5.73 Å². The summed E-state index contributed by atoms with van der Waals surface area (Å²) in [6, 6.07) is 3.39. The average Bonchev–Trinajstić information content (AvgIpc) is 2.53. The van der Waals surface area contributed by atoms with Crippen LogP contribution in [0.15, 0.2) is 18.3 Å². The first-order chi connectivity index (χ1) is 10.1. The Hall–Kier alpha value is -2.15. The van der Waals surface area contributed by atoms with Gasteiger partial charge in [0, 0.05) is 38.9 Å². The standard InChI is InChI=1S/C14H20N4O3/c1-21-12(19)4-6-17-7-9-18(10-8-17)14-11(13(15)20)3-2-5-16-14/h2-3,5H,4,6-10H2,1H3,(H2,15,20). The fourth-order valence-corrected chi connectivity index (χ4v) is 2.38. The minimum absolute atomic E-state index is 0.196. The van der Waals surface area contributed by atoms with E-state index < -0.39 is 5.91 Å². The number of primary amides is 1. The number of amides is 1. The van der Waals surface area contributed by atoms with Crippen LogP contribution in [-0.4, -0.2) is 61.6 Å². The molecule has 1 amide bonds. The molecule has 0 unspecified atom stereocenters. The van der Waals surface area contributed by atoms with Crippen molar-refractivity contribution in [2.75, 3.05) is 44.7 Å². The molecule has 0 atom stereocenters. The van der Waals surface area contributed by atoms with Crippen molar-refractivity contribution in [3.63, 3.8) is 0 Å². The summed E-state index contributed by atoms with van der Waals surface area (Å²) >= 11 is 0. The number of nitrogens with zero attached hydrogens (tertiary/aromatic N) is 3. The summed E-state index contributed by atoms with van der Waals surface area (Å²) < 4.78 is 4.64. The third kappa shape index (κ3) is 3.91. The van der Waals surface area contributed by atoms with Crippen LogP contribution in [0, 0.1) is 0 Å². The zero-order valence-electron chi connectivity index (χ0n) is 12.1. The minimum atomic E-state index is -0.466. The molecular formula is C14H20N4O3. The summed E-state index contributed by atoms with van der Waals surface area (Å²) in [5.41, 5.74) is 5.82. The summed E-state index contributed by atoms with van der Waals surface area (Å²) in [5, 5.41) is 0. The summed E-state index contributed by atoms with van der Waals surface area (Å²) in [6.07, 6.45) is 2.05. The van der Waals surface area contributed by atoms with Gasteiger partial charge in [-0.25, -0.2) is 4.98 Å². The van der Waals surface area contributed by atoms with Gasteiger partial charge >= 0.3 is 5.97 Å². The van der Waals surface area contributed by atoms with Gasteiger partial charge in [-0.1, -0.05) is 0 Å². The number of esters is 1. The average molecular weight is 292 g/mol. The van der Waals surface area contributed by atoms with E-state index in [1.54, 1.807) is 18.3 Å². The molecule has 1 saturated heterocycles. The number of rotatable bonds is 5. The Labute approximate surface area is 123 Å². The van der Waals surface area contributed by atoms with Gasteiger partial charge in [0.15, 0.2) is 0 Å². The van der Waals surface area contributed by atoms with Crippen LogP contribution in [0.2, 0.25) is 0 Å². The molecule has 7 heteroatoms. The fraction of sp³-hybridized carbons (Fsp3) is 0.500. The molecule has 1 fully saturated rings. The molecule has 2 heterocycles. The SMILES string of the molecule is COC(=O)CCN1CCN(c2ncccc2C(N)=O)CC1. The van der Waals surface area contributed by atoms with Gasteiger partial charge in [-0.15, -0.1) is 0 Å². The topological polar surface area (TPSA) is 88.8 Å². The third-order valence-corrected chi connectivity index (χ3v) is 3.58. The molecule has 21 heavy (non-hydrogen) atoms. The number of methoxy groups -OCH3 is 1. The van der Waals surface area contributed by atoms with Crippen LogP contribution in [0.25, 0.3) is 0 Å². The van der Waals surface area contributed by atoms with E-state index >= 15 is 0 Å². The Morgan fingerprint density at radius 2 is 2.05 bits per heavy atom. The van der Waals surface area contributed by atoms with Crippen LogP contribution in [-0.2, 0) is 9.53 Å². The summed E-state index contributed by atoms with van der Waals surface area (Å²) in [6.45, 7) is 3.81. The molecule has 0 spiro atoms. The van der Waals surface area contributed by atoms with E-state index in [0.29, 0.717) is 24.3 Å². The van der Waals surface area contributed by atoms with E-state index in [-0.39, 0.29) is 5.97 Å². The first kappa shape index (κ1) is 15.2. The molecule has 0 aliphatic carbocycles. The van der Waals surface area contributed by atoms with Crippen LogP contribution in [0.1, 0.15) is 16.8 Å². The first-order valence-electron chi connectivity index (χ1n) is 6.90. The molecule has 1 aromatic heterocycles. The summed E-state index contributed by atoms with van der Waals surface area (Å²) in [4.78, 5) is 31.1. The van der Waals surface area contributed by atoms with Gasteiger partial charge in [0.05, 0.1) is 19.1 Å². The predicted octanol–water partition coefficient (Wildman–Crippen LogP) is -0.134. The highest BCUT2D eigenvalue weighted by Gasteiger charge is 2.21. The Balaban J connectivity index is 1.92. The van der Waals surface area contributed by atoms with Gasteiger partial charge in [-0.3, -0.25) is 14.5 Å². The van der Waals surface area contributed by atoms with Crippen LogP contribution in [0.4, 0.5) is 5.82 Å². The van der Waals surface area contributed by atoms with Crippen molar-refractivity contribution in [1.82, 2.24) is 9.88 Å². The van der Waals surface area contributed by atoms with Crippen molar-refractivity contribution in [3.8, 4) is 0 Å². The lowest BCUT2D eigenvalue weighted by Gasteiger charge is -2.35. The number of aromatic nitrogens is 1. The highest BCUT2D eigenvalue weighted by atomic mass is 16.5. The fourth-order valence-electron chi connectivity index (χ4n) is 2.38. The maximum atomic E-state index is 11.4. The molecule has 2 N–H and O–H groups in total. The van der Waals surface area contributed by atoms with Crippen molar-refractivity contribution >= 4 is 17.7 Å². The van der Waals surface area contributed by atoms with Crippen molar-refractivity contribution < 1.29 is 14.3 Å². The number of hydrogen-bond acceptors (Lipinski definition) is 6. The monoisotopic (exact) mass is 292 g/mol. The number of hydrogen-bond donors (Lipinski definition) is 1. The van der Waals surface area contributed by atoms with Gasteiger partial charge < -0.3 is 15.4 Å². The molecule has 0 aromatic carbocycles. The predicted molar refractivity (Wildman–Crippen MR) is 78.0 cm³/mol. The van der Waals surface area contributed by atoms with Crippen LogP contribution in [0.3, 0.4) is 0 Å². The van der Waals surface area contributed by atoms with Crippen molar-refractivity contribution in [2.45, 2.75) is 6.42 Å². The molecule has 2 rings (SSSR count). The van der Waals surface area contributed by atoms with Gasteiger partial charge in [0.25, 0.3) is 5.91 Å². The van der Waals surface area contributed by atoms with Crippen LogP contribution < -0.4 is 10.6 Å². The van der Waals surface area contributed by atoms with Crippen molar-refractivity contribution in [2.24, 2.45) is 5.73 Å². The van der Waals surface area contributed by atoms with Gasteiger partial charge in [-0.2, -0.15) is 0 Å². The third-order valence-electron chi connectivity index (χ3n) is 3.58.